The van der Waals surface area contributed by atoms with Crippen LogP contribution in [0.15, 0.2) is 45.6 Å². The van der Waals surface area contributed by atoms with Gasteiger partial charge in [-0.3, -0.25) is 4.57 Å². The lowest BCUT2D eigenvalue weighted by molar-refractivity contribution is 0.373. The molecule has 1 aromatic heterocycles. The Balaban J connectivity index is 1.74. The molecular formula is C28H29NO2. The van der Waals surface area contributed by atoms with Crippen molar-refractivity contribution in [1.29, 1.82) is 0 Å². The third-order valence-corrected chi connectivity index (χ3v) is 7.94. The van der Waals surface area contributed by atoms with Crippen molar-refractivity contribution in [2.24, 2.45) is 7.05 Å². The summed E-state index contributed by atoms with van der Waals surface area (Å²) in [6, 6.07) is 13.7. The maximum Gasteiger partial charge on any atom is 0.419 e. The highest BCUT2D eigenvalue weighted by Crippen LogP contribution is 2.57. The Kier molecular flexibility index (Phi) is 4.02. The van der Waals surface area contributed by atoms with Gasteiger partial charge in [-0.15, -0.1) is 0 Å². The monoisotopic (exact) mass is 411 g/mol. The van der Waals surface area contributed by atoms with Crippen LogP contribution in [0, 0.1) is 13.8 Å². The Bertz CT molecular complexity index is 1410. The van der Waals surface area contributed by atoms with Crippen molar-refractivity contribution in [1.82, 2.24) is 4.57 Å². The summed E-state index contributed by atoms with van der Waals surface area (Å²) >= 11 is 0. The highest BCUT2D eigenvalue weighted by Gasteiger charge is 2.43. The Morgan fingerprint density at radius 3 is 2.39 bits per heavy atom. The zero-order valence-electron chi connectivity index (χ0n) is 18.7. The van der Waals surface area contributed by atoms with E-state index in [0.717, 1.165) is 5.52 Å². The van der Waals surface area contributed by atoms with Crippen LogP contribution in [0.25, 0.3) is 33.0 Å². The number of benzene rings is 3. The molecular weight excluding hydrogens is 382 g/mol. The second-order valence-electron chi connectivity index (χ2n) is 9.81. The molecule has 1 heterocycles. The standard InChI is InChI=1S/C28H29NO2/c1-17-9-10-19-22(13-17)28(11-7-5-4-6-8-12-28)23-14-18(2)20-15-24-25(16-21(20)26(19)23)31-27(30)29(24)3/h9-10,13-16H,4-8,11-12H2,1-3H3. The highest BCUT2D eigenvalue weighted by atomic mass is 16.4. The molecule has 0 amide bonds. The van der Waals surface area contributed by atoms with Crippen LogP contribution in [0.3, 0.4) is 0 Å². The van der Waals surface area contributed by atoms with E-state index < -0.39 is 0 Å². The predicted octanol–water partition coefficient (Wildman–Crippen LogP) is 6.91. The summed E-state index contributed by atoms with van der Waals surface area (Å²) in [6.45, 7) is 4.43. The summed E-state index contributed by atoms with van der Waals surface area (Å²) in [6.07, 6.45) is 9.06. The van der Waals surface area contributed by atoms with E-state index in [1.807, 2.05) is 0 Å². The van der Waals surface area contributed by atoms with Gasteiger partial charge in [-0.2, -0.15) is 0 Å². The summed E-state index contributed by atoms with van der Waals surface area (Å²) in [5.74, 6) is -0.299. The van der Waals surface area contributed by atoms with Gasteiger partial charge in [-0.25, -0.2) is 4.79 Å². The van der Waals surface area contributed by atoms with Crippen LogP contribution < -0.4 is 5.76 Å². The lowest BCUT2D eigenvalue weighted by atomic mass is 9.69. The van der Waals surface area contributed by atoms with Crippen LogP contribution in [-0.4, -0.2) is 4.57 Å². The lowest BCUT2D eigenvalue weighted by Crippen LogP contribution is -2.26. The molecule has 1 fully saturated rings. The summed E-state index contributed by atoms with van der Waals surface area (Å²) in [7, 11) is 1.78. The summed E-state index contributed by atoms with van der Waals surface area (Å²) in [4.78, 5) is 12.2. The number of aryl methyl sites for hydroxylation is 3. The summed E-state index contributed by atoms with van der Waals surface area (Å²) in [5.41, 5.74) is 10.0. The second-order valence-corrected chi connectivity index (χ2v) is 9.81. The summed E-state index contributed by atoms with van der Waals surface area (Å²) < 4.78 is 7.20. The molecule has 0 N–H and O–H groups in total. The Morgan fingerprint density at radius 1 is 0.871 bits per heavy atom. The van der Waals surface area contributed by atoms with Crippen LogP contribution in [0.1, 0.15) is 67.2 Å². The largest absolute Gasteiger partial charge is 0.419 e. The zero-order valence-corrected chi connectivity index (χ0v) is 18.7. The molecule has 31 heavy (non-hydrogen) atoms. The molecule has 3 heteroatoms. The Labute approximate surface area is 182 Å². The van der Waals surface area contributed by atoms with Crippen LogP contribution in [0.5, 0.6) is 0 Å². The van der Waals surface area contributed by atoms with Crippen molar-refractivity contribution in [2.75, 3.05) is 0 Å². The average molecular weight is 412 g/mol. The maximum atomic E-state index is 12.2. The van der Waals surface area contributed by atoms with E-state index in [1.54, 1.807) is 11.6 Å². The van der Waals surface area contributed by atoms with Gasteiger partial charge in [-0.1, -0.05) is 61.9 Å². The minimum Gasteiger partial charge on any atom is -0.408 e. The number of fused-ring (bicyclic) bond motifs is 8. The average Bonchev–Trinajstić information content (AvgIpc) is 3.15. The maximum absolute atomic E-state index is 12.2. The van der Waals surface area contributed by atoms with Gasteiger partial charge in [0.2, 0.25) is 0 Å². The highest BCUT2D eigenvalue weighted by molar-refractivity contribution is 6.08. The van der Waals surface area contributed by atoms with E-state index in [-0.39, 0.29) is 11.2 Å². The molecule has 158 valence electrons. The van der Waals surface area contributed by atoms with Crippen molar-refractivity contribution in [3.8, 4) is 11.1 Å². The number of hydrogen-bond donors (Lipinski definition) is 0. The first-order chi connectivity index (χ1) is 15.0. The van der Waals surface area contributed by atoms with Crippen molar-refractivity contribution in [3.63, 3.8) is 0 Å². The molecule has 2 aliphatic rings. The fourth-order valence-corrected chi connectivity index (χ4v) is 6.35. The zero-order chi connectivity index (χ0) is 21.3. The molecule has 2 aliphatic carbocycles. The van der Waals surface area contributed by atoms with Gasteiger partial charge >= 0.3 is 5.76 Å². The van der Waals surface area contributed by atoms with Gasteiger partial charge < -0.3 is 4.42 Å². The number of hydrogen-bond acceptors (Lipinski definition) is 2. The normalized spacial score (nSPS) is 17.6. The minimum absolute atomic E-state index is 0.114. The summed E-state index contributed by atoms with van der Waals surface area (Å²) in [5, 5.41) is 2.44. The number of nitrogens with zero attached hydrogens (tertiary/aromatic N) is 1. The van der Waals surface area contributed by atoms with Crippen LogP contribution in [-0.2, 0) is 12.5 Å². The minimum atomic E-state index is -0.299. The predicted molar refractivity (Wildman–Crippen MR) is 127 cm³/mol. The first kappa shape index (κ1) is 18.9. The first-order valence-corrected chi connectivity index (χ1v) is 11.7. The topological polar surface area (TPSA) is 35.1 Å². The van der Waals surface area contributed by atoms with Crippen LogP contribution in [0.2, 0.25) is 0 Å². The van der Waals surface area contributed by atoms with Gasteiger partial charge in [-0.05, 0) is 77.4 Å². The van der Waals surface area contributed by atoms with Crippen LogP contribution >= 0.6 is 0 Å². The molecule has 4 aromatic rings. The fourth-order valence-electron chi connectivity index (χ4n) is 6.35. The molecule has 0 atom stereocenters. The van der Waals surface area contributed by atoms with Crippen molar-refractivity contribution in [3.05, 3.63) is 69.2 Å². The third kappa shape index (κ3) is 2.55. The molecule has 0 aliphatic heterocycles. The van der Waals surface area contributed by atoms with E-state index in [1.165, 1.54) is 89.1 Å². The molecule has 1 saturated carbocycles. The molecule has 0 unspecified atom stereocenters. The molecule has 0 saturated heterocycles. The smallest absolute Gasteiger partial charge is 0.408 e. The molecule has 0 bridgehead atoms. The second kappa shape index (κ2) is 6.59. The van der Waals surface area contributed by atoms with Crippen molar-refractivity contribution < 1.29 is 4.42 Å². The first-order valence-electron chi connectivity index (χ1n) is 11.7. The number of oxazole rings is 1. The van der Waals surface area contributed by atoms with E-state index in [9.17, 15) is 4.79 Å². The van der Waals surface area contributed by atoms with Gasteiger partial charge in [0.1, 0.15) is 0 Å². The van der Waals surface area contributed by atoms with Crippen LogP contribution in [0.4, 0.5) is 0 Å². The molecule has 6 rings (SSSR count). The Morgan fingerprint density at radius 2 is 1.61 bits per heavy atom. The Hall–Kier alpha value is -2.81. The van der Waals surface area contributed by atoms with E-state index in [0.29, 0.717) is 5.58 Å². The quantitative estimate of drug-likeness (QED) is 0.315. The lowest BCUT2D eigenvalue weighted by Gasteiger charge is -2.34. The molecule has 3 aromatic carbocycles. The SMILES string of the molecule is Cc1ccc2c(c1)C1(CCCCCCC1)c1cc(C)c3cc4c(cc3c1-2)oc(=O)n4C. The molecule has 3 nitrogen and oxygen atoms in total. The van der Waals surface area contributed by atoms with Gasteiger partial charge in [0, 0.05) is 12.5 Å². The van der Waals surface area contributed by atoms with Crippen molar-refractivity contribution >= 4 is 21.9 Å². The van der Waals surface area contributed by atoms with E-state index in [4.69, 9.17) is 4.42 Å². The van der Waals surface area contributed by atoms with Gasteiger partial charge in [0.05, 0.1) is 5.52 Å². The van der Waals surface area contributed by atoms with Crippen molar-refractivity contribution in [2.45, 2.75) is 64.2 Å². The van der Waals surface area contributed by atoms with E-state index in [2.05, 4.69) is 50.2 Å². The third-order valence-electron chi connectivity index (χ3n) is 7.94. The van der Waals surface area contributed by atoms with Gasteiger partial charge in [0.15, 0.2) is 5.58 Å². The fraction of sp³-hybridized carbons (Fsp3) is 0.393. The van der Waals surface area contributed by atoms with E-state index >= 15 is 0 Å². The molecule has 1 spiro atoms. The van der Waals surface area contributed by atoms with Gasteiger partial charge in [0.25, 0.3) is 0 Å². The number of aromatic nitrogens is 1. The molecule has 0 radical (unpaired) electrons. The number of rotatable bonds is 0.